The van der Waals surface area contributed by atoms with Crippen LogP contribution in [0.2, 0.25) is 5.15 Å². The van der Waals surface area contributed by atoms with Gasteiger partial charge < -0.3 is 5.73 Å². The van der Waals surface area contributed by atoms with Crippen molar-refractivity contribution in [2.24, 2.45) is 11.7 Å². The van der Waals surface area contributed by atoms with Gasteiger partial charge in [0.2, 0.25) is 0 Å². The van der Waals surface area contributed by atoms with Crippen molar-refractivity contribution in [2.45, 2.75) is 18.9 Å². The fraction of sp³-hybridized carbons (Fsp3) is 0.500. The highest BCUT2D eigenvalue weighted by Gasteiger charge is 2.31. The number of rotatable bonds is 2. The normalized spacial score (nSPS) is 17.7. The van der Waals surface area contributed by atoms with Crippen LogP contribution < -0.4 is 5.73 Å². The Morgan fingerprint density at radius 3 is 2.54 bits per heavy atom. The summed E-state index contributed by atoms with van der Waals surface area (Å²) in [4.78, 5) is 8.05. The molecule has 1 fully saturated rings. The van der Waals surface area contributed by atoms with Crippen LogP contribution in [-0.2, 0) is 0 Å². The Morgan fingerprint density at radius 1 is 1.38 bits per heavy atom. The van der Waals surface area contributed by atoms with Gasteiger partial charge in [-0.15, -0.1) is 12.4 Å². The molecule has 2 N–H and O–H groups in total. The molecule has 1 unspecified atom stereocenters. The van der Waals surface area contributed by atoms with Gasteiger partial charge in [0.25, 0.3) is 0 Å². The highest BCUT2D eigenvalue weighted by molar-refractivity contribution is 6.30. The lowest BCUT2D eigenvalue weighted by Gasteiger charge is -2.09. The number of nitrogens with zero attached hydrogens (tertiary/aromatic N) is 2. The second-order valence-corrected chi connectivity index (χ2v) is 3.45. The minimum Gasteiger partial charge on any atom is -0.322 e. The smallest absolute Gasteiger partial charge is 0.152 e. The summed E-state index contributed by atoms with van der Waals surface area (Å²) in [6, 6.07) is -0.0220. The molecule has 1 saturated carbocycles. The third-order valence-electron chi connectivity index (χ3n) is 2.13. The molecule has 1 aromatic heterocycles. The Hall–Kier alpha value is -0.380. The van der Waals surface area contributed by atoms with E-state index in [4.69, 9.17) is 17.3 Å². The van der Waals surface area contributed by atoms with E-state index >= 15 is 0 Å². The Bertz CT molecular complexity index is 288. The van der Waals surface area contributed by atoms with Gasteiger partial charge in [0, 0.05) is 12.4 Å². The van der Waals surface area contributed by atoms with Crippen LogP contribution in [0.3, 0.4) is 0 Å². The highest BCUT2D eigenvalue weighted by Crippen LogP contribution is 2.39. The van der Waals surface area contributed by atoms with Crippen molar-refractivity contribution in [3.8, 4) is 0 Å². The first-order chi connectivity index (χ1) is 5.79. The van der Waals surface area contributed by atoms with Gasteiger partial charge in [0.15, 0.2) is 5.15 Å². The van der Waals surface area contributed by atoms with Gasteiger partial charge in [-0.3, -0.25) is 4.98 Å². The van der Waals surface area contributed by atoms with Gasteiger partial charge in [-0.25, -0.2) is 4.98 Å². The number of hydrogen-bond acceptors (Lipinski definition) is 3. The first-order valence-electron chi connectivity index (χ1n) is 4.01. The summed E-state index contributed by atoms with van der Waals surface area (Å²) in [6.07, 6.45) is 5.58. The van der Waals surface area contributed by atoms with E-state index in [1.807, 2.05) is 0 Å². The van der Waals surface area contributed by atoms with Gasteiger partial charge in [-0.05, 0) is 18.8 Å². The molecule has 1 atom stereocenters. The van der Waals surface area contributed by atoms with E-state index in [0.717, 1.165) is 5.69 Å². The molecule has 1 heterocycles. The minimum atomic E-state index is -0.0220. The fourth-order valence-corrected chi connectivity index (χ4v) is 1.47. The minimum absolute atomic E-state index is 0. The standard InChI is InChI=1S/C8H10ClN3.ClH/c9-8-7(11-3-4-12-8)6(10)5-1-2-5;/h3-6H,1-2,10H2;1H. The van der Waals surface area contributed by atoms with E-state index in [2.05, 4.69) is 9.97 Å². The molecule has 5 heteroatoms. The SMILES string of the molecule is Cl.NC(c1nccnc1Cl)C1CC1. The second-order valence-electron chi connectivity index (χ2n) is 3.10. The van der Waals surface area contributed by atoms with E-state index < -0.39 is 0 Å². The van der Waals surface area contributed by atoms with E-state index in [9.17, 15) is 0 Å². The summed E-state index contributed by atoms with van der Waals surface area (Å²) < 4.78 is 0. The summed E-state index contributed by atoms with van der Waals surface area (Å²) in [5.41, 5.74) is 6.65. The van der Waals surface area contributed by atoms with E-state index in [-0.39, 0.29) is 18.4 Å². The third kappa shape index (κ3) is 2.30. The van der Waals surface area contributed by atoms with Crippen molar-refractivity contribution in [3.63, 3.8) is 0 Å². The van der Waals surface area contributed by atoms with E-state index in [0.29, 0.717) is 11.1 Å². The summed E-state index contributed by atoms with van der Waals surface area (Å²) in [7, 11) is 0. The van der Waals surface area contributed by atoms with Gasteiger partial charge in [-0.1, -0.05) is 11.6 Å². The first-order valence-corrected chi connectivity index (χ1v) is 4.39. The van der Waals surface area contributed by atoms with Crippen LogP contribution in [0, 0.1) is 5.92 Å². The molecule has 72 valence electrons. The van der Waals surface area contributed by atoms with Gasteiger partial charge in [-0.2, -0.15) is 0 Å². The topological polar surface area (TPSA) is 51.8 Å². The van der Waals surface area contributed by atoms with E-state index in [1.54, 1.807) is 12.4 Å². The van der Waals surface area contributed by atoms with Crippen LogP contribution in [0.4, 0.5) is 0 Å². The second kappa shape index (κ2) is 4.22. The largest absolute Gasteiger partial charge is 0.322 e. The molecule has 1 aromatic rings. The molecule has 0 aromatic carbocycles. The zero-order valence-electron chi connectivity index (χ0n) is 6.98. The van der Waals surface area contributed by atoms with Gasteiger partial charge in [0.1, 0.15) is 0 Å². The van der Waals surface area contributed by atoms with Crippen LogP contribution in [0.25, 0.3) is 0 Å². The Morgan fingerprint density at radius 2 is 2.00 bits per heavy atom. The predicted octanol–water partition coefficient (Wildman–Crippen LogP) is 1.96. The maximum atomic E-state index is 5.91. The molecule has 1 aliphatic rings. The summed E-state index contributed by atoms with van der Waals surface area (Å²) >= 11 is 5.84. The predicted molar refractivity (Wildman–Crippen MR) is 53.9 cm³/mol. The number of aromatic nitrogens is 2. The van der Waals surface area contributed by atoms with Crippen molar-refractivity contribution in [2.75, 3.05) is 0 Å². The number of nitrogens with two attached hydrogens (primary N) is 1. The number of hydrogen-bond donors (Lipinski definition) is 1. The van der Waals surface area contributed by atoms with Crippen LogP contribution in [-0.4, -0.2) is 9.97 Å². The van der Waals surface area contributed by atoms with Crippen molar-refractivity contribution >= 4 is 24.0 Å². The molecular weight excluding hydrogens is 209 g/mol. The Balaban J connectivity index is 0.000000845. The molecule has 0 spiro atoms. The quantitative estimate of drug-likeness (QED) is 0.828. The molecule has 2 rings (SSSR count). The maximum absolute atomic E-state index is 5.91. The van der Waals surface area contributed by atoms with Crippen molar-refractivity contribution in [1.29, 1.82) is 0 Å². The average Bonchev–Trinajstić information content (AvgIpc) is 2.86. The van der Waals surface area contributed by atoms with Crippen molar-refractivity contribution in [3.05, 3.63) is 23.2 Å². The maximum Gasteiger partial charge on any atom is 0.152 e. The van der Waals surface area contributed by atoms with Crippen LogP contribution >= 0.6 is 24.0 Å². The highest BCUT2D eigenvalue weighted by atomic mass is 35.5. The zero-order valence-corrected chi connectivity index (χ0v) is 8.55. The summed E-state index contributed by atoms with van der Waals surface area (Å²) in [5.74, 6) is 0.569. The summed E-state index contributed by atoms with van der Waals surface area (Å²) in [5, 5.41) is 0.442. The molecule has 0 bridgehead atoms. The van der Waals surface area contributed by atoms with Crippen LogP contribution in [0.1, 0.15) is 24.6 Å². The molecule has 3 nitrogen and oxygen atoms in total. The number of halogens is 2. The lowest BCUT2D eigenvalue weighted by atomic mass is 10.1. The lowest BCUT2D eigenvalue weighted by Crippen LogP contribution is -2.14. The molecule has 1 aliphatic carbocycles. The molecule has 13 heavy (non-hydrogen) atoms. The van der Waals surface area contributed by atoms with Crippen molar-refractivity contribution in [1.82, 2.24) is 9.97 Å². The first kappa shape index (κ1) is 10.7. The molecule has 0 aliphatic heterocycles. The monoisotopic (exact) mass is 219 g/mol. The summed E-state index contributed by atoms with van der Waals surface area (Å²) in [6.45, 7) is 0. The molecule has 0 radical (unpaired) electrons. The molecule has 0 amide bonds. The third-order valence-corrected chi connectivity index (χ3v) is 2.42. The van der Waals surface area contributed by atoms with Crippen LogP contribution in [0.5, 0.6) is 0 Å². The van der Waals surface area contributed by atoms with Gasteiger partial charge in [0.05, 0.1) is 11.7 Å². The fourth-order valence-electron chi connectivity index (χ4n) is 1.23. The van der Waals surface area contributed by atoms with E-state index in [1.165, 1.54) is 12.8 Å². The lowest BCUT2D eigenvalue weighted by molar-refractivity contribution is 0.612. The molecule has 0 saturated heterocycles. The average molecular weight is 220 g/mol. The zero-order chi connectivity index (χ0) is 8.55. The van der Waals surface area contributed by atoms with Crippen molar-refractivity contribution < 1.29 is 0 Å². The Kier molecular flexibility index (Phi) is 3.47. The Labute approximate surface area is 88.1 Å². The van der Waals surface area contributed by atoms with Crippen LogP contribution in [0.15, 0.2) is 12.4 Å². The van der Waals surface area contributed by atoms with Gasteiger partial charge >= 0.3 is 0 Å². The molecular formula is C8H11Cl2N3.